The molecule has 1 aromatic heterocycles. The molecule has 0 spiro atoms. The van der Waals surface area contributed by atoms with Gasteiger partial charge in [-0.3, -0.25) is 9.42 Å². The summed E-state index contributed by atoms with van der Waals surface area (Å²) in [5.74, 6) is 0. The number of nitrogens with one attached hydrogen (secondary N) is 1. The van der Waals surface area contributed by atoms with Gasteiger partial charge in [0, 0.05) is 25.9 Å². The lowest BCUT2D eigenvalue weighted by Gasteiger charge is -2.24. The van der Waals surface area contributed by atoms with Gasteiger partial charge in [0.15, 0.2) is 6.04 Å². The van der Waals surface area contributed by atoms with E-state index in [4.69, 9.17) is 9.26 Å². The molecule has 1 saturated heterocycles. The SMILES string of the molecule is O=c1o[nH][n+](C2CCCCC2)c1CN1CCOCC1. The van der Waals surface area contributed by atoms with Crippen LogP contribution >= 0.6 is 0 Å². The molecule has 0 amide bonds. The summed E-state index contributed by atoms with van der Waals surface area (Å²) in [4.78, 5) is 14.1. The van der Waals surface area contributed by atoms with E-state index in [9.17, 15) is 4.79 Å². The van der Waals surface area contributed by atoms with Crippen LogP contribution in [0.3, 0.4) is 0 Å². The van der Waals surface area contributed by atoms with Gasteiger partial charge >= 0.3 is 11.3 Å². The Kier molecular flexibility index (Phi) is 3.98. The summed E-state index contributed by atoms with van der Waals surface area (Å²) in [6, 6.07) is 0.399. The minimum atomic E-state index is -0.225. The third-order valence-electron chi connectivity index (χ3n) is 4.18. The van der Waals surface area contributed by atoms with Gasteiger partial charge in [0.25, 0.3) is 0 Å². The second-order valence-corrected chi connectivity index (χ2v) is 5.48. The lowest BCUT2D eigenvalue weighted by Crippen LogP contribution is -2.49. The lowest BCUT2D eigenvalue weighted by atomic mass is 9.95. The summed E-state index contributed by atoms with van der Waals surface area (Å²) in [7, 11) is 0. The molecule has 0 unspecified atom stereocenters. The van der Waals surface area contributed by atoms with Crippen molar-refractivity contribution in [3.63, 3.8) is 0 Å². The highest BCUT2D eigenvalue weighted by molar-refractivity contribution is 4.85. The first-order chi connectivity index (χ1) is 9.34. The van der Waals surface area contributed by atoms with Crippen molar-refractivity contribution in [3.05, 3.63) is 16.1 Å². The summed E-state index contributed by atoms with van der Waals surface area (Å²) in [6.45, 7) is 3.93. The van der Waals surface area contributed by atoms with Crippen LogP contribution in [0.1, 0.15) is 43.8 Å². The Hall–Kier alpha value is -1.14. The molecule has 6 nitrogen and oxygen atoms in total. The van der Waals surface area contributed by atoms with Crippen molar-refractivity contribution in [1.29, 1.82) is 0 Å². The average molecular weight is 268 g/mol. The standard InChI is InChI=1S/C13H21N3O3/c17-13-12(10-15-6-8-18-9-7-15)16(14-19-13)11-4-2-1-3-5-11/h11H,1-10H2/p+1. The first-order valence-corrected chi connectivity index (χ1v) is 7.26. The van der Waals surface area contributed by atoms with Gasteiger partial charge in [-0.2, -0.15) is 0 Å². The largest absolute Gasteiger partial charge is 0.431 e. The van der Waals surface area contributed by atoms with Crippen LogP contribution < -0.4 is 10.3 Å². The normalized spacial score (nSPS) is 22.7. The molecule has 2 fully saturated rings. The monoisotopic (exact) mass is 268 g/mol. The van der Waals surface area contributed by atoms with Crippen LogP contribution in [0.25, 0.3) is 0 Å². The third-order valence-corrected chi connectivity index (χ3v) is 4.18. The zero-order chi connectivity index (χ0) is 13.1. The minimum absolute atomic E-state index is 0.225. The molecule has 2 aliphatic rings. The van der Waals surface area contributed by atoms with E-state index in [2.05, 4.69) is 10.2 Å². The topological polar surface area (TPSA) is 62.4 Å². The van der Waals surface area contributed by atoms with Crippen LogP contribution in [-0.2, 0) is 11.3 Å². The quantitative estimate of drug-likeness (QED) is 0.815. The summed E-state index contributed by atoms with van der Waals surface area (Å²) < 4.78 is 12.3. The molecule has 3 rings (SSSR count). The van der Waals surface area contributed by atoms with E-state index >= 15 is 0 Å². The highest BCUT2D eigenvalue weighted by Gasteiger charge is 2.32. The van der Waals surface area contributed by atoms with Gasteiger partial charge in [0.05, 0.1) is 19.8 Å². The second kappa shape index (κ2) is 5.88. The molecular formula is C13H22N3O3+. The van der Waals surface area contributed by atoms with Crippen LogP contribution in [0.2, 0.25) is 0 Å². The van der Waals surface area contributed by atoms with Crippen molar-refractivity contribution in [3.8, 4) is 0 Å². The molecular weight excluding hydrogens is 246 g/mol. The van der Waals surface area contributed by atoms with E-state index < -0.39 is 0 Å². The maximum Gasteiger partial charge on any atom is 0.431 e. The van der Waals surface area contributed by atoms with Gasteiger partial charge in [0.2, 0.25) is 0 Å². The van der Waals surface area contributed by atoms with Crippen molar-refractivity contribution in [2.75, 3.05) is 26.3 Å². The molecule has 0 bridgehead atoms. The van der Waals surface area contributed by atoms with Crippen LogP contribution in [-0.4, -0.2) is 36.5 Å². The van der Waals surface area contributed by atoms with Crippen LogP contribution in [0.4, 0.5) is 0 Å². The molecule has 1 N–H and O–H groups in total. The van der Waals surface area contributed by atoms with Gasteiger partial charge in [-0.15, -0.1) is 0 Å². The van der Waals surface area contributed by atoms with Gasteiger partial charge < -0.3 is 4.74 Å². The zero-order valence-corrected chi connectivity index (χ0v) is 11.3. The third kappa shape index (κ3) is 2.90. The predicted molar refractivity (Wildman–Crippen MR) is 67.7 cm³/mol. The number of hydrogen-bond donors (Lipinski definition) is 1. The minimum Gasteiger partial charge on any atom is -0.379 e. The van der Waals surface area contributed by atoms with Crippen molar-refractivity contribution in [2.45, 2.75) is 44.7 Å². The van der Waals surface area contributed by atoms with Crippen LogP contribution in [0.5, 0.6) is 0 Å². The summed E-state index contributed by atoms with van der Waals surface area (Å²) in [6.07, 6.45) is 6.05. The van der Waals surface area contributed by atoms with Crippen molar-refractivity contribution in [2.24, 2.45) is 0 Å². The summed E-state index contributed by atoms with van der Waals surface area (Å²) in [5, 5.41) is 2.80. The molecule has 6 heteroatoms. The van der Waals surface area contributed by atoms with E-state index in [0.717, 1.165) is 44.8 Å². The molecule has 1 saturated carbocycles. The molecule has 2 heterocycles. The Bertz CT molecular complexity index is 456. The molecule has 19 heavy (non-hydrogen) atoms. The molecule has 0 atom stereocenters. The number of aromatic amines is 1. The number of rotatable bonds is 3. The highest BCUT2D eigenvalue weighted by atomic mass is 16.5. The van der Waals surface area contributed by atoms with Gasteiger partial charge in [-0.1, -0.05) is 11.1 Å². The van der Waals surface area contributed by atoms with Crippen molar-refractivity contribution < 1.29 is 13.9 Å². The van der Waals surface area contributed by atoms with Gasteiger partial charge in [-0.05, 0) is 18.1 Å². The van der Waals surface area contributed by atoms with Crippen molar-refractivity contribution >= 4 is 0 Å². The number of nitrogens with zero attached hydrogens (tertiary/aromatic N) is 2. The average Bonchev–Trinajstić information content (AvgIpc) is 2.82. The van der Waals surface area contributed by atoms with E-state index in [1.54, 1.807) is 0 Å². The number of aromatic nitrogens is 2. The summed E-state index contributed by atoms with van der Waals surface area (Å²) in [5.41, 5.74) is 0.533. The van der Waals surface area contributed by atoms with Gasteiger partial charge in [-0.25, -0.2) is 4.79 Å². The Balaban J connectivity index is 1.75. The fourth-order valence-electron chi connectivity index (χ4n) is 3.05. The fraction of sp³-hybridized carbons (Fsp3) is 0.846. The maximum atomic E-state index is 11.9. The van der Waals surface area contributed by atoms with Crippen LogP contribution in [0.15, 0.2) is 9.32 Å². The Morgan fingerprint density at radius 2 is 1.95 bits per heavy atom. The number of H-pyrrole nitrogens is 1. The zero-order valence-electron chi connectivity index (χ0n) is 11.3. The number of morpholine rings is 1. The Morgan fingerprint density at radius 3 is 2.68 bits per heavy atom. The fourth-order valence-corrected chi connectivity index (χ4v) is 3.05. The maximum absolute atomic E-state index is 11.9. The van der Waals surface area contributed by atoms with E-state index in [-0.39, 0.29) is 5.63 Å². The van der Waals surface area contributed by atoms with E-state index in [0.29, 0.717) is 12.6 Å². The molecule has 0 radical (unpaired) electrons. The first-order valence-electron chi connectivity index (χ1n) is 7.26. The highest BCUT2D eigenvalue weighted by Crippen LogP contribution is 2.23. The molecule has 1 aliphatic carbocycles. The number of hydrogen-bond acceptors (Lipinski definition) is 4. The molecule has 0 aromatic carbocycles. The smallest absolute Gasteiger partial charge is 0.379 e. The lowest BCUT2D eigenvalue weighted by molar-refractivity contribution is -0.793. The summed E-state index contributed by atoms with van der Waals surface area (Å²) >= 11 is 0. The van der Waals surface area contributed by atoms with Crippen molar-refractivity contribution in [1.82, 2.24) is 10.2 Å². The van der Waals surface area contributed by atoms with E-state index in [1.807, 2.05) is 4.68 Å². The van der Waals surface area contributed by atoms with Crippen LogP contribution in [0, 0.1) is 0 Å². The molecule has 1 aromatic rings. The Labute approximate surface area is 112 Å². The second-order valence-electron chi connectivity index (χ2n) is 5.48. The predicted octanol–water partition coefficient (Wildman–Crippen LogP) is 0.593. The molecule has 1 aliphatic heterocycles. The van der Waals surface area contributed by atoms with E-state index in [1.165, 1.54) is 19.3 Å². The number of ether oxygens (including phenoxy) is 1. The van der Waals surface area contributed by atoms with Gasteiger partial charge in [0.1, 0.15) is 0 Å². The Morgan fingerprint density at radius 1 is 1.21 bits per heavy atom. The first kappa shape index (κ1) is 12.9. The molecule has 106 valence electrons.